The molecule has 6 N–H and O–H groups in total. The lowest BCUT2D eigenvalue weighted by molar-refractivity contribution is -0.192. The fourth-order valence-corrected chi connectivity index (χ4v) is 9.58. The van der Waals surface area contributed by atoms with Crippen molar-refractivity contribution in [3.8, 4) is 11.5 Å². The Labute approximate surface area is 509 Å². The Bertz CT molecular complexity index is 3310. The van der Waals surface area contributed by atoms with Gasteiger partial charge < -0.3 is 55.2 Å². The number of halogens is 3. The number of carboxylic acids is 1. The van der Waals surface area contributed by atoms with Crippen molar-refractivity contribution in [3.05, 3.63) is 153 Å². The number of allylic oxidation sites excluding steroid dienone is 1. The third kappa shape index (κ3) is 18.3. The smallest absolute Gasteiger partial charge is 0.490 e. The topological polar surface area (TPSA) is 275 Å². The van der Waals surface area contributed by atoms with Crippen LogP contribution in [0.4, 0.5) is 51.2 Å². The highest BCUT2D eigenvalue weighted by atomic mass is 32.2. The molecule has 3 heterocycles. The molecule has 88 heavy (non-hydrogen) atoms. The molecule has 0 atom stereocenters. The van der Waals surface area contributed by atoms with Crippen molar-refractivity contribution >= 4 is 93.6 Å². The summed E-state index contributed by atoms with van der Waals surface area (Å²) in [5, 5.41) is 30.7. The molecule has 0 radical (unpaired) electrons. The maximum absolute atomic E-state index is 14.0. The number of aromatic hydroxyl groups is 1. The van der Waals surface area contributed by atoms with Crippen molar-refractivity contribution in [2.75, 3.05) is 139 Å². The first-order valence-electron chi connectivity index (χ1n) is 27.6. The molecule has 0 saturated heterocycles. The van der Waals surface area contributed by atoms with Crippen LogP contribution in [0.2, 0.25) is 0 Å². The van der Waals surface area contributed by atoms with Crippen molar-refractivity contribution in [1.82, 2.24) is 16.0 Å². The van der Waals surface area contributed by atoms with Crippen LogP contribution in [0, 0.1) is 0 Å². The van der Waals surface area contributed by atoms with Crippen LogP contribution in [0.3, 0.4) is 0 Å². The maximum atomic E-state index is 14.0. The molecule has 466 valence electrons. The van der Waals surface area contributed by atoms with Crippen molar-refractivity contribution < 1.29 is 75.8 Å². The Morgan fingerprint density at radius 1 is 0.670 bits per heavy atom. The molecule has 8 rings (SSSR count). The molecule has 23 nitrogen and oxygen atoms in total. The van der Waals surface area contributed by atoms with E-state index in [1.54, 1.807) is 71.5 Å². The number of aliphatic imine (C=N–C) groups is 2. The minimum Gasteiger partial charge on any atom is -0.504 e. The van der Waals surface area contributed by atoms with E-state index >= 15 is 0 Å². The summed E-state index contributed by atoms with van der Waals surface area (Å²) in [4.78, 5) is 91.9. The van der Waals surface area contributed by atoms with Gasteiger partial charge in [0.2, 0.25) is 5.78 Å². The monoisotopic (exact) mass is 1240 g/mol. The number of urea groups is 2. The van der Waals surface area contributed by atoms with Gasteiger partial charge in [0, 0.05) is 93.0 Å². The Morgan fingerprint density at radius 2 is 1.17 bits per heavy atom. The molecule has 3 aliphatic heterocycles. The zero-order valence-corrected chi connectivity index (χ0v) is 49.7. The lowest BCUT2D eigenvalue weighted by Crippen LogP contribution is -2.40. The first-order valence-corrected chi connectivity index (χ1v) is 28.5. The average molecular weight is 1240 g/mol. The third-order valence-electron chi connectivity index (χ3n) is 13.2. The second-order valence-electron chi connectivity index (χ2n) is 19.3. The first-order chi connectivity index (χ1) is 42.2. The summed E-state index contributed by atoms with van der Waals surface area (Å²) in [6, 6.07) is 33.1. The molecule has 0 saturated carbocycles. The number of esters is 1. The fourth-order valence-electron chi connectivity index (χ4n) is 8.52. The van der Waals surface area contributed by atoms with E-state index in [-0.39, 0.29) is 92.4 Å². The van der Waals surface area contributed by atoms with E-state index in [1.807, 2.05) is 78.9 Å². The van der Waals surface area contributed by atoms with Crippen molar-refractivity contribution in [3.63, 3.8) is 0 Å². The minimum absolute atomic E-state index is 0.0811. The summed E-state index contributed by atoms with van der Waals surface area (Å²) in [5.41, 5.74) is 5.29. The van der Waals surface area contributed by atoms with Gasteiger partial charge in [0.1, 0.15) is 23.9 Å². The Morgan fingerprint density at radius 3 is 1.65 bits per heavy atom. The number of ketones is 1. The minimum atomic E-state index is -5.08. The van der Waals surface area contributed by atoms with E-state index < -0.39 is 29.8 Å². The number of benzene rings is 5. The number of Topliss-reactive ketones (excluding diaryl/α,β-unsaturated/α-hetero) is 1. The summed E-state index contributed by atoms with van der Waals surface area (Å²) in [5.74, 6) is -2.66. The van der Waals surface area contributed by atoms with E-state index in [0.29, 0.717) is 58.7 Å². The highest BCUT2D eigenvalue weighted by Gasteiger charge is 2.38. The highest BCUT2D eigenvalue weighted by Crippen LogP contribution is 2.41. The molecule has 5 aromatic rings. The highest BCUT2D eigenvalue weighted by molar-refractivity contribution is 8.08. The number of carbonyl (C=O) groups is 6. The number of hydrogen-bond donors (Lipinski definition) is 6. The summed E-state index contributed by atoms with van der Waals surface area (Å²) < 4.78 is 59.6. The normalized spacial score (nSPS) is 14.0. The Balaban J connectivity index is 0.00000149. The van der Waals surface area contributed by atoms with Gasteiger partial charge in [-0.2, -0.15) is 13.2 Å². The van der Waals surface area contributed by atoms with Gasteiger partial charge in [0.05, 0.1) is 69.3 Å². The molecule has 0 aliphatic carbocycles. The van der Waals surface area contributed by atoms with Crippen molar-refractivity contribution in [1.29, 1.82) is 0 Å². The predicted molar refractivity (Wildman–Crippen MR) is 329 cm³/mol. The molecule has 0 bridgehead atoms. The van der Waals surface area contributed by atoms with Crippen molar-refractivity contribution in [2.24, 2.45) is 9.98 Å². The van der Waals surface area contributed by atoms with Gasteiger partial charge in [-0.25, -0.2) is 19.2 Å². The predicted octanol–water partition coefficient (Wildman–Crippen LogP) is 7.51. The van der Waals surface area contributed by atoms with Crippen LogP contribution in [-0.2, 0) is 33.3 Å². The Kier molecular flexibility index (Phi) is 23.9. The number of nitrogens with zero attached hydrogens (tertiary/aromatic N) is 6. The van der Waals surface area contributed by atoms with Gasteiger partial charge in [0.15, 0.2) is 11.5 Å². The number of phenolic OH excluding ortho intramolecular Hbond substituents is 1. The van der Waals surface area contributed by atoms with Gasteiger partial charge in [0.25, 0.3) is 5.91 Å². The zero-order valence-electron chi connectivity index (χ0n) is 48.8. The van der Waals surface area contributed by atoms with Crippen LogP contribution in [0.25, 0.3) is 6.08 Å². The number of carboxylic acid groups (broad SMARTS) is 1. The molecule has 0 unspecified atom stereocenters. The quantitative estimate of drug-likeness (QED) is 0.0143. The zero-order chi connectivity index (χ0) is 63.3. The largest absolute Gasteiger partial charge is 0.504 e. The number of amides is 5. The lowest BCUT2D eigenvalue weighted by Gasteiger charge is -2.28. The number of thioether (sulfide) groups is 1. The standard InChI is InChI=1S/C59H66N10O11S.C2HF3O2/c1-6-79-57(73)51-52(71)50(81-56(51)65-43-10-8-7-9-11-43)35-39-12-21-49(48(70)34-39)80-33-32-78-31-30-77-29-28-76-27-26-64-55(72)42-36-46(68(4)58(74)66(2)44-17-13-40(14-18-44)53-60-22-23-61-53)38-47(37-42)69(5)59(75)67(3)45-19-15-41(16-20-45)54-62-24-25-63-54;3-2(4,5)1(6)7/h7-21,34-38,65,70H,6,22-33H2,1-5H3,(H,60,61)(H,62,63)(H,64,72);(H,6,7)/b50-35-;. The van der Waals surface area contributed by atoms with E-state index in [1.165, 1.54) is 25.7 Å². The van der Waals surface area contributed by atoms with Crippen LogP contribution in [0.15, 0.2) is 141 Å². The molecule has 27 heteroatoms. The van der Waals surface area contributed by atoms with Gasteiger partial charge in [-0.05, 0) is 110 Å². The molecular formula is C61H67F3N10O13S. The second-order valence-corrected chi connectivity index (χ2v) is 20.3. The van der Waals surface area contributed by atoms with Crippen LogP contribution >= 0.6 is 11.8 Å². The number of rotatable bonds is 25. The fraction of sp³-hybridized carbons (Fsp3) is 0.311. The number of carbonyl (C=O) groups excluding carboxylic acids is 5. The molecule has 0 fully saturated rings. The number of anilines is 5. The molecule has 3 aliphatic rings. The van der Waals surface area contributed by atoms with Gasteiger partial charge in [-0.3, -0.25) is 39.2 Å². The second kappa shape index (κ2) is 31.8. The summed E-state index contributed by atoms with van der Waals surface area (Å²) >= 11 is 1.11. The van der Waals surface area contributed by atoms with Gasteiger partial charge in [-0.15, -0.1) is 0 Å². The van der Waals surface area contributed by atoms with Gasteiger partial charge >= 0.3 is 30.2 Å². The van der Waals surface area contributed by atoms with E-state index in [0.717, 1.165) is 47.6 Å². The molecule has 0 aromatic heterocycles. The molecule has 0 spiro atoms. The van der Waals surface area contributed by atoms with E-state index in [9.17, 15) is 42.3 Å². The number of phenols is 1. The number of aliphatic carboxylic acids is 1. The number of alkyl halides is 3. The van der Waals surface area contributed by atoms with E-state index in [2.05, 4.69) is 31.3 Å². The van der Waals surface area contributed by atoms with Crippen molar-refractivity contribution in [2.45, 2.75) is 13.1 Å². The van der Waals surface area contributed by atoms with E-state index in [4.69, 9.17) is 33.6 Å². The average Bonchev–Trinajstić information content (AvgIpc) is 4.27. The molecular weight excluding hydrogens is 1170 g/mol. The van der Waals surface area contributed by atoms with Crippen LogP contribution in [-0.4, -0.2) is 178 Å². The number of hydrogen-bond acceptors (Lipinski definition) is 18. The SMILES string of the molecule is CCOC(=O)C1=C(Nc2ccccc2)S/C(=C\c2ccc(OCCOCCOCCOCCNC(=O)c3cc(N(C)C(=O)N(C)c4ccc(C5=NCCN5)cc4)cc(N(C)C(=O)N(C)c4ccc(C5=NCCN5)cc4)c3)c(O)c2)C1=O.O=C(O)C(F)(F)F. The molecule has 5 aromatic carbocycles. The summed E-state index contributed by atoms with van der Waals surface area (Å²) in [6.45, 7) is 6.61. The van der Waals surface area contributed by atoms with Gasteiger partial charge in [-0.1, -0.05) is 36.0 Å². The number of ether oxygens (including phenoxy) is 5. The van der Waals surface area contributed by atoms with Crippen LogP contribution < -0.4 is 45.6 Å². The number of nitrogens with one attached hydrogen (secondary N) is 4. The maximum Gasteiger partial charge on any atom is 0.490 e. The first kappa shape index (κ1) is 66.1. The Hall–Kier alpha value is -9.44. The summed E-state index contributed by atoms with van der Waals surface area (Å²) in [6.07, 6.45) is -3.49. The van der Waals surface area contributed by atoms with Crippen LogP contribution in [0.5, 0.6) is 11.5 Å². The summed E-state index contributed by atoms with van der Waals surface area (Å²) in [7, 11) is 6.56. The molecule has 5 amide bonds. The van der Waals surface area contributed by atoms with Crippen LogP contribution in [0.1, 0.15) is 34.0 Å². The third-order valence-corrected chi connectivity index (χ3v) is 14.2. The lowest BCUT2D eigenvalue weighted by atomic mass is 10.1. The number of para-hydroxylation sites is 1. The number of amidine groups is 2.